The Balaban J connectivity index is 1.65. The number of hydrogen-bond donors (Lipinski definition) is 1. The van der Waals surface area contributed by atoms with Gasteiger partial charge in [-0.25, -0.2) is 15.1 Å². The quantitative estimate of drug-likeness (QED) is 0.894. The molecule has 1 amide bonds. The van der Waals surface area contributed by atoms with Gasteiger partial charge < -0.3 is 9.64 Å². The fourth-order valence-electron chi connectivity index (χ4n) is 2.35. The number of likely N-dealkylation sites (tertiary alicyclic amines) is 1. The first kappa shape index (κ1) is 15.4. The molecule has 3 heterocycles. The van der Waals surface area contributed by atoms with Crippen molar-refractivity contribution >= 4 is 17.5 Å². The molecule has 2 aromatic heterocycles. The number of aromatic nitrogens is 4. The van der Waals surface area contributed by atoms with Crippen LogP contribution in [0, 0.1) is 0 Å². The van der Waals surface area contributed by atoms with E-state index in [1.165, 1.54) is 24.5 Å². The monoisotopic (exact) mass is 335 g/mol. The number of nitrogens with one attached hydrogen (secondary N) is 1. The molecule has 1 fully saturated rings. The number of aromatic amines is 1. The standard InChI is InChI=1S/C14H14ClN5O3/c15-9-6-16-14(17-7-9)23-10-2-1-5-20(8-10)13(22)11-3-4-12(21)19-18-11/h3-4,6-7,10H,1-2,5,8H2,(H,19,21)/t10-/m1/s1. The number of ether oxygens (including phenoxy) is 1. The first-order chi connectivity index (χ1) is 11.1. The average molecular weight is 336 g/mol. The fraction of sp³-hybridized carbons (Fsp3) is 0.357. The van der Waals surface area contributed by atoms with Crippen molar-refractivity contribution in [2.45, 2.75) is 18.9 Å². The molecule has 0 radical (unpaired) electrons. The smallest absolute Gasteiger partial charge is 0.316 e. The first-order valence-corrected chi connectivity index (χ1v) is 7.49. The van der Waals surface area contributed by atoms with Gasteiger partial charge >= 0.3 is 6.01 Å². The molecule has 1 aliphatic heterocycles. The highest BCUT2D eigenvalue weighted by atomic mass is 35.5. The Kier molecular flexibility index (Phi) is 4.52. The predicted octanol–water partition coefficient (Wildman–Crippen LogP) is 0.897. The van der Waals surface area contributed by atoms with Gasteiger partial charge in [0.05, 0.1) is 24.0 Å². The summed E-state index contributed by atoms with van der Waals surface area (Å²) in [7, 11) is 0. The van der Waals surface area contributed by atoms with Gasteiger partial charge in [0.1, 0.15) is 11.8 Å². The number of amides is 1. The van der Waals surface area contributed by atoms with Crippen LogP contribution in [0.2, 0.25) is 5.02 Å². The zero-order valence-corrected chi connectivity index (χ0v) is 12.9. The van der Waals surface area contributed by atoms with Gasteiger partial charge in [-0.15, -0.1) is 0 Å². The maximum Gasteiger partial charge on any atom is 0.316 e. The molecule has 1 aliphatic rings. The lowest BCUT2D eigenvalue weighted by Crippen LogP contribution is -2.45. The Morgan fingerprint density at radius 1 is 1.35 bits per heavy atom. The van der Waals surface area contributed by atoms with Crippen molar-refractivity contribution in [2.24, 2.45) is 0 Å². The topological polar surface area (TPSA) is 101 Å². The molecule has 0 saturated carbocycles. The van der Waals surface area contributed by atoms with Crippen molar-refractivity contribution in [1.82, 2.24) is 25.1 Å². The van der Waals surface area contributed by atoms with E-state index in [1.54, 1.807) is 4.90 Å². The Morgan fingerprint density at radius 2 is 2.13 bits per heavy atom. The molecule has 1 saturated heterocycles. The molecule has 2 aromatic rings. The number of halogens is 1. The van der Waals surface area contributed by atoms with E-state index < -0.39 is 0 Å². The predicted molar refractivity (Wildman–Crippen MR) is 81.5 cm³/mol. The summed E-state index contributed by atoms with van der Waals surface area (Å²) in [6, 6.07) is 2.92. The van der Waals surface area contributed by atoms with Gasteiger partial charge in [0.25, 0.3) is 11.5 Å². The second-order valence-corrected chi connectivity index (χ2v) is 5.56. The van der Waals surface area contributed by atoms with E-state index in [0.29, 0.717) is 18.1 Å². The number of carbonyl (C=O) groups excluding carboxylic acids is 1. The van der Waals surface area contributed by atoms with E-state index in [-0.39, 0.29) is 29.3 Å². The SMILES string of the molecule is O=C(c1ccc(=O)[nH]n1)N1CCC[C@@H](Oc2ncc(Cl)cn2)C1. The third-order valence-electron chi connectivity index (χ3n) is 3.43. The van der Waals surface area contributed by atoms with E-state index >= 15 is 0 Å². The van der Waals surface area contributed by atoms with Crippen LogP contribution < -0.4 is 10.3 Å². The summed E-state index contributed by atoms with van der Waals surface area (Å²) in [6.45, 7) is 1.02. The highest BCUT2D eigenvalue weighted by molar-refractivity contribution is 6.30. The molecule has 9 heteroatoms. The van der Waals surface area contributed by atoms with Gasteiger partial charge in [0.15, 0.2) is 0 Å². The van der Waals surface area contributed by atoms with Crippen LogP contribution in [0.5, 0.6) is 6.01 Å². The van der Waals surface area contributed by atoms with Crippen molar-refractivity contribution in [1.29, 1.82) is 0 Å². The zero-order chi connectivity index (χ0) is 16.2. The lowest BCUT2D eigenvalue weighted by atomic mass is 10.1. The Morgan fingerprint density at radius 3 is 2.83 bits per heavy atom. The molecule has 120 valence electrons. The minimum absolute atomic E-state index is 0.198. The number of nitrogens with zero attached hydrogens (tertiary/aromatic N) is 4. The van der Waals surface area contributed by atoms with Crippen molar-refractivity contribution in [2.75, 3.05) is 13.1 Å². The van der Waals surface area contributed by atoms with Gasteiger partial charge in [0, 0.05) is 12.6 Å². The molecule has 3 rings (SSSR count). The number of rotatable bonds is 3. The summed E-state index contributed by atoms with van der Waals surface area (Å²) in [5, 5.41) is 6.45. The largest absolute Gasteiger partial charge is 0.458 e. The fourth-order valence-corrected chi connectivity index (χ4v) is 2.45. The van der Waals surface area contributed by atoms with Crippen LogP contribution in [0.15, 0.2) is 29.3 Å². The summed E-state index contributed by atoms with van der Waals surface area (Å²) >= 11 is 5.73. The Hall–Kier alpha value is -2.48. The molecule has 0 aromatic carbocycles. The molecule has 0 spiro atoms. The normalized spacial score (nSPS) is 17.8. The van der Waals surface area contributed by atoms with Crippen molar-refractivity contribution in [3.63, 3.8) is 0 Å². The Bertz CT molecular complexity index is 728. The van der Waals surface area contributed by atoms with Crippen LogP contribution >= 0.6 is 11.6 Å². The molecule has 1 N–H and O–H groups in total. The summed E-state index contributed by atoms with van der Waals surface area (Å²) in [5.41, 5.74) is -0.144. The summed E-state index contributed by atoms with van der Waals surface area (Å²) in [6.07, 6.45) is 4.32. The summed E-state index contributed by atoms with van der Waals surface area (Å²) in [4.78, 5) is 33.0. The number of piperidine rings is 1. The average Bonchev–Trinajstić information content (AvgIpc) is 2.57. The van der Waals surface area contributed by atoms with Crippen molar-refractivity contribution in [3.8, 4) is 6.01 Å². The minimum Gasteiger partial charge on any atom is -0.458 e. The van der Waals surface area contributed by atoms with E-state index in [9.17, 15) is 9.59 Å². The van der Waals surface area contributed by atoms with Gasteiger partial charge in [0.2, 0.25) is 0 Å². The minimum atomic E-state index is -0.346. The second kappa shape index (κ2) is 6.74. The number of H-pyrrole nitrogens is 1. The molecular formula is C14H14ClN5O3. The summed E-state index contributed by atoms with van der Waals surface area (Å²) < 4.78 is 5.69. The number of hydrogen-bond acceptors (Lipinski definition) is 6. The van der Waals surface area contributed by atoms with E-state index in [4.69, 9.17) is 16.3 Å². The highest BCUT2D eigenvalue weighted by Crippen LogP contribution is 2.17. The zero-order valence-electron chi connectivity index (χ0n) is 12.1. The molecule has 0 unspecified atom stereocenters. The third kappa shape index (κ3) is 3.84. The van der Waals surface area contributed by atoms with E-state index in [0.717, 1.165) is 12.8 Å². The van der Waals surface area contributed by atoms with Gasteiger partial charge in [-0.05, 0) is 18.9 Å². The highest BCUT2D eigenvalue weighted by Gasteiger charge is 2.27. The number of carbonyl (C=O) groups is 1. The molecular weight excluding hydrogens is 322 g/mol. The van der Waals surface area contributed by atoms with Crippen LogP contribution in [0.25, 0.3) is 0 Å². The molecule has 0 bridgehead atoms. The second-order valence-electron chi connectivity index (χ2n) is 5.12. The lowest BCUT2D eigenvalue weighted by Gasteiger charge is -2.32. The van der Waals surface area contributed by atoms with Gasteiger partial charge in [-0.1, -0.05) is 11.6 Å². The van der Waals surface area contributed by atoms with Gasteiger partial charge in [-0.2, -0.15) is 5.10 Å². The van der Waals surface area contributed by atoms with Crippen molar-refractivity contribution in [3.05, 3.63) is 45.6 Å². The third-order valence-corrected chi connectivity index (χ3v) is 3.63. The van der Waals surface area contributed by atoms with Crippen LogP contribution in [0.4, 0.5) is 0 Å². The summed E-state index contributed by atoms with van der Waals surface area (Å²) in [5.74, 6) is -0.244. The maximum absolute atomic E-state index is 12.4. The van der Waals surface area contributed by atoms with E-state index in [1.807, 2.05) is 0 Å². The molecule has 23 heavy (non-hydrogen) atoms. The maximum atomic E-state index is 12.4. The van der Waals surface area contributed by atoms with E-state index in [2.05, 4.69) is 20.2 Å². The van der Waals surface area contributed by atoms with Crippen LogP contribution in [0.3, 0.4) is 0 Å². The van der Waals surface area contributed by atoms with Gasteiger partial charge in [-0.3, -0.25) is 9.59 Å². The lowest BCUT2D eigenvalue weighted by molar-refractivity contribution is 0.0509. The van der Waals surface area contributed by atoms with Crippen LogP contribution in [0.1, 0.15) is 23.3 Å². The molecule has 8 nitrogen and oxygen atoms in total. The van der Waals surface area contributed by atoms with Crippen molar-refractivity contribution < 1.29 is 9.53 Å². The molecule has 1 atom stereocenters. The first-order valence-electron chi connectivity index (χ1n) is 7.11. The Labute approximate surface area is 136 Å². The van der Waals surface area contributed by atoms with Crippen LogP contribution in [-0.4, -0.2) is 50.2 Å². The van der Waals surface area contributed by atoms with Crippen LogP contribution in [-0.2, 0) is 0 Å². The molecule has 0 aliphatic carbocycles.